The Kier molecular flexibility index (Phi) is 3.26. The Labute approximate surface area is 178 Å². The molecule has 0 unspecified atom stereocenters. The van der Waals surface area contributed by atoms with E-state index >= 15 is 0 Å². The summed E-state index contributed by atoms with van der Waals surface area (Å²) in [4.78, 5) is 19.1. The Morgan fingerprint density at radius 1 is 1.07 bits per heavy atom. The molecule has 3 aromatic rings. The lowest BCUT2D eigenvalue weighted by Crippen LogP contribution is -2.48. The van der Waals surface area contributed by atoms with Crippen LogP contribution in [0.5, 0.6) is 0 Å². The molecular weight excluding hydrogens is 444 g/mol. The number of aryl methyl sites for hydroxylation is 2. The summed E-state index contributed by atoms with van der Waals surface area (Å²) in [6, 6.07) is 0. The van der Waals surface area contributed by atoms with Crippen molar-refractivity contribution < 1.29 is 4.11 Å². The first-order chi connectivity index (χ1) is 14.1. The van der Waals surface area contributed by atoms with E-state index in [1.54, 1.807) is 11.3 Å². The molecule has 6 rings (SSSR count). The van der Waals surface area contributed by atoms with E-state index in [0.717, 1.165) is 62.5 Å². The molecule has 0 atom stereocenters. The maximum Gasteiger partial charge on any atom is 0.271 e. The second-order valence-electron chi connectivity index (χ2n) is 7.91. The number of rotatable bonds is 2. The van der Waals surface area contributed by atoms with Crippen molar-refractivity contribution in [2.75, 3.05) is 0 Å². The highest BCUT2D eigenvalue weighted by molar-refractivity contribution is 9.10. The van der Waals surface area contributed by atoms with Crippen molar-refractivity contribution in [3.63, 3.8) is 0 Å². The molecule has 0 N–H and O–H groups in total. The summed E-state index contributed by atoms with van der Waals surface area (Å²) >= 11 is 6.52. The third-order valence-electron chi connectivity index (χ3n) is 6.51. The third kappa shape index (κ3) is 2.45. The van der Waals surface area contributed by atoms with Gasteiger partial charge in [-0.2, -0.15) is 0 Å². The van der Waals surface area contributed by atoms with Crippen LogP contribution in [0.3, 0.4) is 0 Å². The minimum Gasteiger partial charge on any atom is -0.298 e. The first-order valence-corrected chi connectivity index (χ1v) is 11.5. The summed E-state index contributed by atoms with van der Waals surface area (Å²) in [7, 11) is 0. The second kappa shape index (κ2) is 5.94. The molecule has 0 saturated heterocycles. The highest BCUT2D eigenvalue weighted by atomic mass is 79.9. The molecule has 5 nitrogen and oxygen atoms in total. The number of thiophene rings is 1. The topological polar surface area (TPSA) is 60.7 Å². The SMILES string of the molecule is [2H]C([2H])([2H])n1c(C23CCC(c4nnc(C)s4)(CC2)CC3)nc2c(Br)c(C)sc2c1=O. The molecule has 0 aliphatic heterocycles. The van der Waals surface area contributed by atoms with Crippen LogP contribution in [-0.2, 0) is 17.8 Å². The predicted molar refractivity (Wildman–Crippen MR) is 113 cm³/mol. The average Bonchev–Trinajstić information content (AvgIpc) is 3.27. The Morgan fingerprint density at radius 2 is 1.74 bits per heavy atom. The summed E-state index contributed by atoms with van der Waals surface area (Å²) < 4.78 is 26.5. The van der Waals surface area contributed by atoms with E-state index in [0.29, 0.717) is 16.0 Å². The summed E-state index contributed by atoms with van der Waals surface area (Å²) in [5, 5.41) is 10.7. The second-order valence-corrected chi connectivity index (χ2v) is 11.1. The largest absolute Gasteiger partial charge is 0.298 e. The van der Waals surface area contributed by atoms with Gasteiger partial charge >= 0.3 is 0 Å². The van der Waals surface area contributed by atoms with Gasteiger partial charge in [-0.1, -0.05) is 0 Å². The molecule has 0 aromatic carbocycles. The van der Waals surface area contributed by atoms with Crippen LogP contribution in [0, 0.1) is 13.8 Å². The third-order valence-corrected chi connectivity index (χ3v) is 9.91. The van der Waals surface area contributed by atoms with Crippen LogP contribution in [-0.4, -0.2) is 19.7 Å². The van der Waals surface area contributed by atoms with Crippen molar-refractivity contribution in [3.05, 3.63) is 35.5 Å². The van der Waals surface area contributed by atoms with Gasteiger partial charge in [0.05, 0.1) is 4.47 Å². The summed E-state index contributed by atoms with van der Waals surface area (Å²) in [5.41, 5.74) is -0.221. The number of hydrogen-bond donors (Lipinski definition) is 0. The number of halogens is 1. The van der Waals surface area contributed by atoms with E-state index in [9.17, 15) is 4.79 Å². The zero-order valence-electron chi connectivity index (χ0n) is 18.1. The van der Waals surface area contributed by atoms with Crippen LogP contribution in [0.4, 0.5) is 0 Å². The zero-order chi connectivity index (χ0) is 21.5. The van der Waals surface area contributed by atoms with E-state index in [2.05, 4.69) is 26.1 Å². The molecule has 8 heteroatoms. The Bertz CT molecular complexity index is 1200. The lowest BCUT2D eigenvalue weighted by Gasteiger charge is -2.52. The molecule has 0 amide bonds. The van der Waals surface area contributed by atoms with Crippen LogP contribution in [0.25, 0.3) is 10.2 Å². The summed E-state index contributed by atoms with van der Waals surface area (Å²) in [6.07, 6.45) is 5.17. The minimum absolute atomic E-state index is 0.0302. The lowest BCUT2D eigenvalue weighted by molar-refractivity contribution is 0.0918. The molecule has 2 bridgehead atoms. The van der Waals surface area contributed by atoms with E-state index in [1.807, 2.05) is 13.8 Å². The van der Waals surface area contributed by atoms with Gasteiger partial charge in [0.15, 0.2) is 0 Å². The van der Waals surface area contributed by atoms with Gasteiger partial charge in [0.2, 0.25) is 0 Å². The van der Waals surface area contributed by atoms with Crippen molar-refractivity contribution in [3.8, 4) is 0 Å². The number of fused-ring (bicyclic) bond motifs is 4. The van der Waals surface area contributed by atoms with Crippen molar-refractivity contribution in [1.82, 2.24) is 19.7 Å². The molecule has 3 aliphatic rings. The van der Waals surface area contributed by atoms with Gasteiger partial charge < -0.3 is 0 Å². The number of aromatic nitrogens is 4. The smallest absolute Gasteiger partial charge is 0.271 e. The maximum absolute atomic E-state index is 13.3. The Morgan fingerprint density at radius 3 is 2.33 bits per heavy atom. The van der Waals surface area contributed by atoms with E-state index in [1.165, 1.54) is 11.3 Å². The molecule has 3 heterocycles. The molecule has 0 radical (unpaired) electrons. The van der Waals surface area contributed by atoms with Crippen LogP contribution in [0.15, 0.2) is 9.27 Å². The van der Waals surface area contributed by atoms with Gasteiger partial charge in [0.1, 0.15) is 26.1 Å². The molecule has 3 aliphatic carbocycles. The normalized spacial score (nSPS) is 29.7. The molecular formula is C19H21BrN4OS2. The number of nitrogens with zero attached hydrogens (tertiary/aromatic N) is 4. The lowest BCUT2D eigenvalue weighted by atomic mass is 9.53. The van der Waals surface area contributed by atoms with Gasteiger partial charge in [0.25, 0.3) is 5.56 Å². The molecule has 3 saturated carbocycles. The Balaban J connectivity index is 1.65. The highest BCUT2D eigenvalue weighted by Crippen LogP contribution is 2.58. The fourth-order valence-corrected chi connectivity index (χ4v) is 7.36. The minimum atomic E-state index is -2.56. The molecule has 3 aromatic heterocycles. The van der Waals surface area contributed by atoms with Crippen molar-refractivity contribution >= 4 is 48.8 Å². The fraction of sp³-hybridized carbons (Fsp3) is 0.579. The van der Waals surface area contributed by atoms with E-state index < -0.39 is 18.0 Å². The predicted octanol–water partition coefficient (Wildman–Crippen LogP) is 4.77. The monoisotopic (exact) mass is 467 g/mol. The van der Waals surface area contributed by atoms with Gasteiger partial charge in [-0.3, -0.25) is 9.36 Å². The van der Waals surface area contributed by atoms with Crippen LogP contribution >= 0.6 is 38.6 Å². The maximum atomic E-state index is 13.3. The van der Waals surface area contributed by atoms with E-state index in [-0.39, 0.29) is 5.41 Å². The van der Waals surface area contributed by atoms with Crippen LogP contribution in [0.2, 0.25) is 0 Å². The molecule has 0 spiro atoms. The standard InChI is InChI=1S/C19H21BrN4OS2/c1-10-12(20)13-14(26-10)15(25)24(3)16(21-13)18-4-7-19(8-5-18,9-6-18)17-23-22-11(2)27-17/h4-9H2,1-3H3/i3D3. The van der Waals surface area contributed by atoms with Gasteiger partial charge in [0, 0.05) is 26.8 Å². The molecule has 3 fully saturated rings. The van der Waals surface area contributed by atoms with Crippen LogP contribution < -0.4 is 5.56 Å². The van der Waals surface area contributed by atoms with Gasteiger partial charge in [-0.15, -0.1) is 32.9 Å². The zero-order valence-corrected chi connectivity index (χ0v) is 18.4. The van der Waals surface area contributed by atoms with E-state index in [4.69, 9.17) is 9.10 Å². The first-order valence-electron chi connectivity index (χ1n) is 10.6. The number of hydrogen-bond acceptors (Lipinski definition) is 6. The van der Waals surface area contributed by atoms with Crippen LogP contribution in [0.1, 0.15) is 63.4 Å². The fourth-order valence-electron chi connectivity index (χ4n) is 4.82. The summed E-state index contributed by atoms with van der Waals surface area (Å²) in [6.45, 7) is 1.32. The summed E-state index contributed by atoms with van der Waals surface area (Å²) in [5.74, 6) is 0.431. The highest BCUT2D eigenvalue weighted by Gasteiger charge is 2.53. The molecule has 142 valence electrons. The van der Waals surface area contributed by atoms with Crippen molar-refractivity contribution in [2.45, 2.75) is 63.2 Å². The van der Waals surface area contributed by atoms with Gasteiger partial charge in [-0.05, 0) is 68.3 Å². The quantitative estimate of drug-likeness (QED) is 0.544. The van der Waals surface area contributed by atoms with Gasteiger partial charge in [-0.25, -0.2) is 4.98 Å². The molecule has 27 heavy (non-hydrogen) atoms. The van der Waals surface area contributed by atoms with Crippen molar-refractivity contribution in [1.29, 1.82) is 0 Å². The first kappa shape index (κ1) is 14.8. The Hall–Kier alpha value is -1.12. The average molecular weight is 468 g/mol. The van der Waals surface area contributed by atoms with Crippen molar-refractivity contribution in [2.24, 2.45) is 6.98 Å².